The van der Waals surface area contributed by atoms with Crippen molar-refractivity contribution in [1.82, 2.24) is 14.8 Å². The van der Waals surface area contributed by atoms with Crippen molar-refractivity contribution in [3.05, 3.63) is 95.3 Å². The minimum absolute atomic E-state index is 0.312. The van der Waals surface area contributed by atoms with Gasteiger partial charge in [-0.3, -0.25) is 4.57 Å². The molecule has 0 amide bonds. The number of benzene rings is 3. The summed E-state index contributed by atoms with van der Waals surface area (Å²) >= 11 is 7.74. The number of thioether (sulfide) groups is 1. The van der Waals surface area contributed by atoms with Gasteiger partial charge in [0.05, 0.1) is 7.11 Å². The highest BCUT2D eigenvalue weighted by Crippen LogP contribution is 2.31. The third-order valence-corrected chi connectivity index (χ3v) is 5.64. The monoisotopic (exact) mass is 437 g/mol. The molecule has 0 saturated heterocycles. The van der Waals surface area contributed by atoms with E-state index in [1.165, 1.54) is 0 Å². The van der Waals surface area contributed by atoms with E-state index in [1.807, 2.05) is 83.4 Å². The van der Waals surface area contributed by atoms with Crippen LogP contribution in [0.15, 0.2) is 84.0 Å². The Bertz CT molecular complexity index is 1100. The van der Waals surface area contributed by atoms with Gasteiger partial charge >= 0.3 is 0 Å². The molecule has 0 radical (unpaired) electrons. The lowest BCUT2D eigenvalue weighted by molar-refractivity contribution is 0.293. The van der Waals surface area contributed by atoms with Gasteiger partial charge in [0.2, 0.25) is 0 Å². The molecule has 0 saturated carbocycles. The van der Waals surface area contributed by atoms with Gasteiger partial charge in [-0.05, 0) is 42.5 Å². The van der Waals surface area contributed by atoms with Crippen LogP contribution in [0.3, 0.4) is 0 Å². The van der Waals surface area contributed by atoms with Crippen molar-refractivity contribution in [2.24, 2.45) is 0 Å². The molecule has 0 bridgehead atoms. The van der Waals surface area contributed by atoms with Gasteiger partial charge < -0.3 is 9.47 Å². The molecule has 7 heteroatoms. The second-order valence-electron chi connectivity index (χ2n) is 6.42. The van der Waals surface area contributed by atoms with Crippen molar-refractivity contribution in [2.45, 2.75) is 17.5 Å². The zero-order valence-corrected chi connectivity index (χ0v) is 17.9. The predicted octanol–water partition coefficient (Wildman–Crippen LogP) is 5.80. The molecule has 5 nitrogen and oxygen atoms in total. The van der Waals surface area contributed by atoms with Crippen LogP contribution in [-0.2, 0) is 12.4 Å². The van der Waals surface area contributed by atoms with Gasteiger partial charge in [0.25, 0.3) is 0 Å². The van der Waals surface area contributed by atoms with Gasteiger partial charge in [0.15, 0.2) is 11.0 Å². The number of aromatic nitrogens is 3. The average Bonchev–Trinajstić information content (AvgIpc) is 3.20. The number of methoxy groups -OCH3 is 1. The first-order chi connectivity index (χ1) is 14.7. The maximum absolute atomic E-state index is 6.17. The van der Waals surface area contributed by atoms with Crippen LogP contribution in [0.4, 0.5) is 0 Å². The minimum Gasteiger partial charge on any atom is -0.496 e. The van der Waals surface area contributed by atoms with E-state index in [1.54, 1.807) is 18.9 Å². The number of rotatable bonds is 8. The lowest BCUT2D eigenvalue weighted by Gasteiger charge is -2.12. The highest BCUT2D eigenvalue weighted by Gasteiger charge is 2.16. The Labute approximate surface area is 184 Å². The number of hydrogen-bond acceptors (Lipinski definition) is 5. The molecule has 0 aliphatic heterocycles. The Morgan fingerprint density at radius 3 is 2.40 bits per heavy atom. The molecule has 3 aromatic carbocycles. The number of halogens is 1. The van der Waals surface area contributed by atoms with Crippen molar-refractivity contribution in [3.63, 3.8) is 0 Å². The van der Waals surface area contributed by atoms with E-state index in [0.29, 0.717) is 17.4 Å². The molecule has 4 rings (SSSR count). The van der Waals surface area contributed by atoms with E-state index in [4.69, 9.17) is 21.1 Å². The van der Waals surface area contributed by atoms with Crippen molar-refractivity contribution in [3.8, 4) is 17.2 Å². The summed E-state index contributed by atoms with van der Waals surface area (Å²) in [5, 5.41) is 10.3. The molecule has 30 heavy (non-hydrogen) atoms. The highest BCUT2D eigenvalue weighted by atomic mass is 35.5. The van der Waals surface area contributed by atoms with Gasteiger partial charge in [-0.2, -0.15) is 0 Å². The number of nitrogens with zero attached hydrogens (tertiary/aromatic N) is 3. The average molecular weight is 438 g/mol. The molecular formula is C23H20ClN3O2S. The zero-order chi connectivity index (χ0) is 20.8. The van der Waals surface area contributed by atoms with Crippen LogP contribution in [-0.4, -0.2) is 21.9 Å². The molecule has 1 heterocycles. The maximum atomic E-state index is 6.17. The van der Waals surface area contributed by atoms with E-state index in [9.17, 15) is 0 Å². The van der Waals surface area contributed by atoms with E-state index >= 15 is 0 Å². The third kappa shape index (κ3) is 4.78. The van der Waals surface area contributed by atoms with Gasteiger partial charge in [-0.25, -0.2) is 0 Å². The largest absolute Gasteiger partial charge is 0.496 e. The summed E-state index contributed by atoms with van der Waals surface area (Å²) in [5.41, 5.74) is 1.98. The Kier molecular flexibility index (Phi) is 6.57. The Morgan fingerprint density at radius 1 is 0.933 bits per heavy atom. The molecule has 0 atom stereocenters. The van der Waals surface area contributed by atoms with Crippen LogP contribution in [0, 0.1) is 0 Å². The molecule has 152 valence electrons. The molecule has 4 aromatic rings. The van der Waals surface area contributed by atoms with Gasteiger partial charge in [-0.15, -0.1) is 10.2 Å². The maximum Gasteiger partial charge on any atom is 0.196 e. The first-order valence-corrected chi connectivity index (χ1v) is 10.7. The third-order valence-electron chi connectivity index (χ3n) is 4.43. The summed E-state index contributed by atoms with van der Waals surface area (Å²) in [6.07, 6.45) is 0. The molecule has 0 unspecified atom stereocenters. The molecule has 1 aromatic heterocycles. The Balaban J connectivity index is 1.60. The summed E-state index contributed by atoms with van der Waals surface area (Å²) in [7, 11) is 1.66. The molecule has 0 aliphatic carbocycles. The lowest BCUT2D eigenvalue weighted by atomic mass is 10.2. The molecule has 0 fully saturated rings. The topological polar surface area (TPSA) is 49.2 Å². The van der Waals surface area contributed by atoms with Crippen LogP contribution in [0.2, 0.25) is 5.02 Å². The van der Waals surface area contributed by atoms with E-state index in [-0.39, 0.29) is 0 Å². The predicted molar refractivity (Wildman–Crippen MR) is 120 cm³/mol. The van der Waals surface area contributed by atoms with E-state index < -0.39 is 0 Å². The summed E-state index contributed by atoms with van der Waals surface area (Å²) in [6.45, 7) is 0.312. The van der Waals surface area contributed by atoms with Gasteiger partial charge in [-0.1, -0.05) is 59.8 Å². The van der Waals surface area contributed by atoms with Crippen LogP contribution >= 0.6 is 23.4 Å². The molecule has 0 spiro atoms. The Hall–Kier alpha value is -2.96. The summed E-state index contributed by atoms with van der Waals surface area (Å²) in [6, 6.07) is 25.3. The highest BCUT2D eigenvalue weighted by molar-refractivity contribution is 7.98. The van der Waals surface area contributed by atoms with Crippen molar-refractivity contribution in [1.29, 1.82) is 0 Å². The fraction of sp³-hybridized carbons (Fsp3) is 0.130. The Morgan fingerprint density at radius 2 is 1.67 bits per heavy atom. The van der Waals surface area contributed by atoms with Crippen LogP contribution < -0.4 is 9.47 Å². The number of para-hydroxylation sites is 2. The first kappa shape index (κ1) is 20.3. The number of ether oxygens (including phenoxy) is 2. The smallest absolute Gasteiger partial charge is 0.196 e. The summed E-state index contributed by atoms with van der Waals surface area (Å²) in [4.78, 5) is 0. The van der Waals surface area contributed by atoms with E-state index in [0.717, 1.165) is 33.7 Å². The van der Waals surface area contributed by atoms with Crippen LogP contribution in [0.5, 0.6) is 11.5 Å². The van der Waals surface area contributed by atoms with Gasteiger partial charge in [0, 0.05) is 22.0 Å². The normalized spacial score (nSPS) is 10.7. The van der Waals surface area contributed by atoms with Crippen molar-refractivity contribution < 1.29 is 9.47 Å². The summed E-state index contributed by atoms with van der Waals surface area (Å²) < 4.78 is 13.4. The fourth-order valence-corrected chi connectivity index (χ4v) is 4.13. The molecule has 0 aliphatic rings. The quantitative estimate of drug-likeness (QED) is 0.326. The second kappa shape index (κ2) is 9.69. The van der Waals surface area contributed by atoms with Crippen molar-refractivity contribution >= 4 is 23.4 Å². The van der Waals surface area contributed by atoms with Gasteiger partial charge in [0.1, 0.15) is 18.1 Å². The standard InChI is InChI=1S/C23H20ClN3O2S/c1-28-21-13-12-18(24)14-17(21)16-30-23-26-25-22(15-29-20-10-6-3-7-11-20)27(23)19-8-4-2-5-9-19/h2-14H,15-16H2,1H3. The minimum atomic E-state index is 0.312. The first-order valence-electron chi connectivity index (χ1n) is 9.37. The van der Waals surface area contributed by atoms with Crippen LogP contribution in [0.25, 0.3) is 5.69 Å². The zero-order valence-electron chi connectivity index (χ0n) is 16.4. The molecule has 0 N–H and O–H groups in total. The van der Waals surface area contributed by atoms with E-state index in [2.05, 4.69) is 10.2 Å². The lowest BCUT2D eigenvalue weighted by Crippen LogP contribution is -2.06. The number of hydrogen-bond donors (Lipinski definition) is 0. The summed E-state index contributed by atoms with van der Waals surface area (Å²) in [5.74, 6) is 2.96. The second-order valence-corrected chi connectivity index (χ2v) is 7.80. The SMILES string of the molecule is COc1ccc(Cl)cc1CSc1nnc(COc2ccccc2)n1-c1ccccc1. The van der Waals surface area contributed by atoms with Crippen molar-refractivity contribution in [2.75, 3.05) is 7.11 Å². The fourth-order valence-electron chi connectivity index (χ4n) is 2.99. The molecular weight excluding hydrogens is 418 g/mol. The van der Waals surface area contributed by atoms with Crippen LogP contribution in [0.1, 0.15) is 11.4 Å².